The van der Waals surface area contributed by atoms with Gasteiger partial charge in [-0.25, -0.2) is 13.4 Å². The van der Waals surface area contributed by atoms with Gasteiger partial charge in [0, 0.05) is 18.5 Å². The van der Waals surface area contributed by atoms with E-state index in [9.17, 15) is 13.2 Å². The monoisotopic (exact) mass is 483 g/mol. The Balaban J connectivity index is 1.67. The fourth-order valence-electron chi connectivity index (χ4n) is 5.55. The van der Waals surface area contributed by atoms with Gasteiger partial charge in [0.1, 0.15) is 0 Å². The Kier molecular flexibility index (Phi) is 7.91. The van der Waals surface area contributed by atoms with Crippen molar-refractivity contribution in [2.24, 2.45) is 5.92 Å². The molecule has 1 aromatic heterocycles. The van der Waals surface area contributed by atoms with Gasteiger partial charge in [0.25, 0.3) is 0 Å². The fraction of sp³-hybridized carbons (Fsp3) is 0.556. The molecular weight excluding hydrogens is 446 g/mol. The van der Waals surface area contributed by atoms with Crippen molar-refractivity contribution in [3.05, 3.63) is 59.9 Å². The van der Waals surface area contributed by atoms with Crippen molar-refractivity contribution in [3.63, 3.8) is 0 Å². The maximum atomic E-state index is 13.6. The molecule has 0 saturated heterocycles. The molecule has 0 N–H and O–H groups in total. The number of sulfone groups is 1. The minimum absolute atomic E-state index is 0.0653. The zero-order chi connectivity index (χ0) is 24.1. The minimum atomic E-state index is -3.64. The van der Waals surface area contributed by atoms with Crippen LogP contribution in [0.25, 0.3) is 0 Å². The van der Waals surface area contributed by atoms with Crippen LogP contribution in [0.4, 0.5) is 0 Å². The average Bonchev–Trinajstić information content (AvgIpc) is 3.49. The van der Waals surface area contributed by atoms with Crippen molar-refractivity contribution in [2.75, 3.05) is 6.54 Å². The molecule has 2 aliphatic rings. The highest BCUT2D eigenvalue weighted by molar-refractivity contribution is 7.90. The molecule has 34 heavy (non-hydrogen) atoms. The second-order valence-electron chi connectivity index (χ2n) is 9.93. The first-order valence-corrected chi connectivity index (χ1v) is 14.3. The van der Waals surface area contributed by atoms with Gasteiger partial charge >= 0.3 is 0 Å². The zero-order valence-corrected chi connectivity index (χ0v) is 21.1. The lowest BCUT2D eigenvalue weighted by Gasteiger charge is -2.29. The normalized spacial score (nSPS) is 17.7. The van der Waals surface area contributed by atoms with E-state index in [4.69, 9.17) is 0 Å². The Hall–Kier alpha value is -2.41. The maximum absolute atomic E-state index is 13.6. The summed E-state index contributed by atoms with van der Waals surface area (Å²) >= 11 is 0. The number of aromatic nitrogens is 2. The third kappa shape index (κ3) is 5.62. The third-order valence-corrected chi connectivity index (χ3v) is 8.79. The van der Waals surface area contributed by atoms with Gasteiger partial charge in [0.15, 0.2) is 0 Å². The molecule has 0 unspecified atom stereocenters. The zero-order valence-electron chi connectivity index (χ0n) is 20.3. The fourth-order valence-corrected chi connectivity index (χ4v) is 7.08. The number of hydrogen-bond acceptors (Lipinski definition) is 4. The van der Waals surface area contributed by atoms with E-state index in [1.54, 1.807) is 12.3 Å². The quantitative estimate of drug-likeness (QED) is 0.449. The molecule has 1 amide bonds. The molecule has 0 aliphatic heterocycles. The van der Waals surface area contributed by atoms with E-state index in [-0.39, 0.29) is 28.8 Å². The topological polar surface area (TPSA) is 72.3 Å². The standard InChI is InChI=1S/C27H37N3O3S/c1-3-16-29(26(31)23-12-7-8-13-23)19-25-18-28-27(30(25)24-14-5-4-6-15-24)34(32,33)20-22-11-9-10-21(2)17-22/h3,9-11,17-18,23-24H,1,4-8,12-16,19-20H2,2H3. The summed E-state index contributed by atoms with van der Waals surface area (Å²) in [5.41, 5.74) is 2.61. The van der Waals surface area contributed by atoms with E-state index in [0.717, 1.165) is 68.2 Å². The number of carbonyl (C=O) groups excluding carboxylic acids is 1. The third-order valence-electron chi connectivity index (χ3n) is 7.22. The molecule has 0 atom stereocenters. The lowest BCUT2D eigenvalue weighted by Crippen LogP contribution is -2.36. The van der Waals surface area contributed by atoms with Crippen LogP contribution in [0.3, 0.4) is 0 Å². The van der Waals surface area contributed by atoms with Crippen LogP contribution in [0.2, 0.25) is 0 Å². The Labute approximate surface area is 204 Å². The van der Waals surface area contributed by atoms with Crippen molar-refractivity contribution >= 4 is 15.7 Å². The van der Waals surface area contributed by atoms with Gasteiger partial charge in [-0.15, -0.1) is 6.58 Å². The van der Waals surface area contributed by atoms with Gasteiger partial charge in [-0.3, -0.25) is 4.79 Å². The van der Waals surface area contributed by atoms with Gasteiger partial charge < -0.3 is 9.47 Å². The Morgan fingerprint density at radius 3 is 2.53 bits per heavy atom. The lowest BCUT2D eigenvalue weighted by atomic mass is 9.95. The first-order chi connectivity index (χ1) is 16.4. The molecule has 2 aliphatic carbocycles. The molecule has 1 heterocycles. The van der Waals surface area contributed by atoms with Gasteiger partial charge in [-0.2, -0.15) is 0 Å². The van der Waals surface area contributed by atoms with E-state index in [1.807, 2.05) is 40.7 Å². The predicted molar refractivity (Wildman–Crippen MR) is 134 cm³/mol. The predicted octanol–water partition coefficient (Wildman–Crippen LogP) is 5.38. The van der Waals surface area contributed by atoms with Gasteiger partial charge in [0.2, 0.25) is 20.9 Å². The van der Waals surface area contributed by atoms with Crippen LogP contribution in [0.5, 0.6) is 0 Å². The summed E-state index contributed by atoms with van der Waals surface area (Å²) in [7, 11) is -3.64. The lowest BCUT2D eigenvalue weighted by molar-refractivity contribution is -0.135. The molecule has 6 nitrogen and oxygen atoms in total. The number of hydrogen-bond donors (Lipinski definition) is 0. The second kappa shape index (κ2) is 10.9. The van der Waals surface area contributed by atoms with E-state index in [1.165, 1.54) is 6.42 Å². The highest BCUT2D eigenvalue weighted by Gasteiger charge is 2.32. The molecule has 2 saturated carbocycles. The van der Waals surface area contributed by atoms with Crippen molar-refractivity contribution in [3.8, 4) is 0 Å². The number of aryl methyl sites for hydroxylation is 1. The summed E-state index contributed by atoms with van der Waals surface area (Å²) in [6.45, 7) is 6.64. The van der Waals surface area contributed by atoms with Crippen LogP contribution >= 0.6 is 0 Å². The Bertz CT molecular complexity index is 1110. The summed E-state index contributed by atoms with van der Waals surface area (Å²) < 4.78 is 29.1. The van der Waals surface area contributed by atoms with Crippen LogP contribution in [0.1, 0.15) is 80.7 Å². The summed E-state index contributed by atoms with van der Waals surface area (Å²) in [6.07, 6.45) is 12.7. The van der Waals surface area contributed by atoms with Crippen LogP contribution in [0.15, 0.2) is 48.3 Å². The summed E-state index contributed by atoms with van der Waals surface area (Å²) in [4.78, 5) is 19.5. The highest BCUT2D eigenvalue weighted by Crippen LogP contribution is 2.34. The van der Waals surface area contributed by atoms with Crippen molar-refractivity contribution < 1.29 is 13.2 Å². The van der Waals surface area contributed by atoms with E-state index in [0.29, 0.717) is 13.1 Å². The molecule has 0 spiro atoms. The van der Waals surface area contributed by atoms with E-state index >= 15 is 0 Å². The van der Waals surface area contributed by atoms with Crippen LogP contribution in [-0.4, -0.2) is 35.3 Å². The molecule has 7 heteroatoms. The Morgan fingerprint density at radius 2 is 1.85 bits per heavy atom. The molecule has 4 rings (SSSR count). The van der Waals surface area contributed by atoms with Crippen molar-refractivity contribution in [1.29, 1.82) is 0 Å². The van der Waals surface area contributed by atoms with Crippen molar-refractivity contribution in [2.45, 2.75) is 88.2 Å². The molecule has 2 fully saturated rings. The van der Waals surface area contributed by atoms with Gasteiger partial charge in [-0.05, 0) is 38.2 Å². The summed E-state index contributed by atoms with van der Waals surface area (Å²) in [6, 6.07) is 7.72. The van der Waals surface area contributed by atoms with Crippen molar-refractivity contribution in [1.82, 2.24) is 14.5 Å². The SMILES string of the molecule is C=CCN(Cc1cnc(S(=O)(=O)Cc2cccc(C)c2)n1C1CCCCC1)C(=O)C1CCCC1. The average molecular weight is 484 g/mol. The van der Waals surface area contributed by atoms with Crippen LogP contribution in [-0.2, 0) is 26.9 Å². The number of benzene rings is 1. The number of rotatable bonds is 9. The highest BCUT2D eigenvalue weighted by atomic mass is 32.2. The number of amides is 1. The van der Waals surface area contributed by atoms with E-state index in [2.05, 4.69) is 11.6 Å². The first-order valence-electron chi connectivity index (χ1n) is 12.6. The first kappa shape index (κ1) is 24.7. The molecule has 0 radical (unpaired) electrons. The maximum Gasteiger partial charge on any atom is 0.228 e. The molecule has 0 bridgehead atoms. The summed E-state index contributed by atoms with van der Waals surface area (Å²) in [5.74, 6) is 0.142. The number of imidazole rings is 1. The van der Waals surface area contributed by atoms with Crippen LogP contribution in [0, 0.1) is 12.8 Å². The number of nitrogens with zero attached hydrogens (tertiary/aromatic N) is 3. The molecule has 2 aromatic rings. The van der Waals surface area contributed by atoms with Gasteiger partial charge in [-0.1, -0.05) is 68.0 Å². The molecule has 184 valence electrons. The van der Waals surface area contributed by atoms with E-state index < -0.39 is 9.84 Å². The smallest absolute Gasteiger partial charge is 0.228 e. The Morgan fingerprint density at radius 1 is 1.15 bits per heavy atom. The second-order valence-corrected chi connectivity index (χ2v) is 11.8. The number of carbonyl (C=O) groups is 1. The minimum Gasteiger partial charge on any atom is -0.333 e. The van der Waals surface area contributed by atoms with Gasteiger partial charge in [0.05, 0.1) is 24.2 Å². The van der Waals surface area contributed by atoms with Crippen LogP contribution < -0.4 is 0 Å². The molecule has 1 aromatic carbocycles. The summed E-state index contributed by atoms with van der Waals surface area (Å²) in [5, 5.41) is 0.141. The largest absolute Gasteiger partial charge is 0.333 e. The molecular formula is C27H37N3O3S.